The van der Waals surface area contributed by atoms with Crippen LogP contribution in [0.15, 0.2) is 35.7 Å². The van der Waals surface area contributed by atoms with Gasteiger partial charge in [-0.1, -0.05) is 6.07 Å². The van der Waals surface area contributed by atoms with E-state index < -0.39 is 0 Å². The highest BCUT2D eigenvalue weighted by molar-refractivity contribution is 7.17. The molecule has 6 nitrogen and oxygen atoms in total. The third kappa shape index (κ3) is 3.24. The van der Waals surface area contributed by atoms with E-state index in [1.165, 1.54) is 0 Å². The van der Waals surface area contributed by atoms with Gasteiger partial charge in [0.05, 0.1) is 22.4 Å². The zero-order valence-electron chi connectivity index (χ0n) is 12.8. The maximum Gasteiger partial charge on any atom is 0.338 e. The minimum absolute atomic E-state index is 0.346. The molecule has 0 aliphatic rings. The number of anilines is 3. The number of nitrogens with zero attached hydrogens (tertiary/aromatic N) is 2. The van der Waals surface area contributed by atoms with E-state index in [2.05, 4.69) is 20.6 Å². The third-order valence-electron chi connectivity index (χ3n) is 3.17. The molecule has 0 aliphatic carbocycles. The standard InChI is InChI=1S/C16H16N4O2S/c1-3-22-15(21)10-5-4-6-11(9-10)18-16-19-12-7-8-23-13(12)14(17-2)20-16/h4-9H,3H2,1-2H3,(H2,17,18,19,20). The Morgan fingerprint density at radius 3 is 2.96 bits per heavy atom. The molecule has 0 saturated heterocycles. The molecule has 23 heavy (non-hydrogen) atoms. The van der Waals surface area contributed by atoms with Crippen molar-refractivity contribution in [3.8, 4) is 0 Å². The predicted octanol–water partition coefficient (Wildman–Crippen LogP) is 3.65. The van der Waals surface area contributed by atoms with Gasteiger partial charge >= 0.3 is 5.97 Å². The molecule has 0 bridgehead atoms. The van der Waals surface area contributed by atoms with Crippen LogP contribution in [0.5, 0.6) is 0 Å². The van der Waals surface area contributed by atoms with Gasteiger partial charge in [-0.3, -0.25) is 0 Å². The van der Waals surface area contributed by atoms with Crippen molar-refractivity contribution in [3.05, 3.63) is 41.3 Å². The first-order valence-electron chi connectivity index (χ1n) is 7.18. The van der Waals surface area contributed by atoms with Crippen LogP contribution in [0.1, 0.15) is 17.3 Å². The van der Waals surface area contributed by atoms with Crippen molar-refractivity contribution in [2.45, 2.75) is 6.92 Å². The molecule has 0 atom stereocenters. The Kier molecular flexibility index (Phi) is 4.38. The van der Waals surface area contributed by atoms with Crippen LogP contribution in [0.2, 0.25) is 0 Å². The molecule has 2 heterocycles. The molecule has 0 spiro atoms. The number of ether oxygens (including phenoxy) is 1. The second-order valence-corrected chi connectivity index (χ2v) is 5.62. The molecule has 0 unspecified atom stereocenters. The summed E-state index contributed by atoms with van der Waals surface area (Å²) < 4.78 is 6.02. The minimum atomic E-state index is -0.346. The van der Waals surface area contributed by atoms with Crippen molar-refractivity contribution in [2.24, 2.45) is 0 Å². The van der Waals surface area contributed by atoms with E-state index in [4.69, 9.17) is 4.74 Å². The van der Waals surface area contributed by atoms with Crippen LogP contribution in [0.3, 0.4) is 0 Å². The number of carbonyl (C=O) groups excluding carboxylic acids is 1. The van der Waals surface area contributed by atoms with Crippen LogP contribution in [0.25, 0.3) is 10.2 Å². The number of aromatic nitrogens is 2. The highest BCUT2D eigenvalue weighted by Crippen LogP contribution is 2.28. The third-order valence-corrected chi connectivity index (χ3v) is 4.08. The molecular formula is C16H16N4O2S. The molecule has 0 fully saturated rings. The summed E-state index contributed by atoms with van der Waals surface area (Å²) in [5.41, 5.74) is 2.09. The second kappa shape index (κ2) is 6.62. The molecule has 3 aromatic rings. The minimum Gasteiger partial charge on any atom is -0.462 e. The number of thiophene rings is 1. The molecule has 7 heteroatoms. The van der Waals surface area contributed by atoms with Crippen LogP contribution in [0.4, 0.5) is 17.5 Å². The quantitative estimate of drug-likeness (QED) is 0.696. The van der Waals surface area contributed by atoms with E-state index in [0.29, 0.717) is 18.1 Å². The molecule has 0 saturated carbocycles. The SMILES string of the molecule is CCOC(=O)c1cccc(Nc2nc(NC)c3sccc3n2)c1. The Morgan fingerprint density at radius 2 is 2.17 bits per heavy atom. The first-order valence-corrected chi connectivity index (χ1v) is 8.06. The number of carbonyl (C=O) groups is 1. The lowest BCUT2D eigenvalue weighted by Crippen LogP contribution is -2.05. The van der Waals surface area contributed by atoms with Crippen LogP contribution in [0, 0.1) is 0 Å². The zero-order valence-corrected chi connectivity index (χ0v) is 13.6. The van der Waals surface area contributed by atoms with E-state index in [1.807, 2.05) is 24.6 Å². The first-order chi connectivity index (χ1) is 11.2. The fourth-order valence-corrected chi connectivity index (χ4v) is 2.98. The Labute approximate surface area is 137 Å². The van der Waals surface area contributed by atoms with E-state index in [0.717, 1.165) is 21.7 Å². The fraction of sp³-hybridized carbons (Fsp3) is 0.188. The topological polar surface area (TPSA) is 76.1 Å². The molecule has 0 radical (unpaired) electrons. The number of esters is 1. The average Bonchev–Trinajstić information content (AvgIpc) is 3.03. The van der Waals surface area contributed by atoms with Crippen molar-refractivity contribution in [1.29, 1.82) is 0 Å². The van der Waals surface area contributed by atoms with Gasteiger partial charge in [-0.05, 0) is 36.6 Å². The molecule has 2 N–H and O–H groups in total. The fourth-order valence-electron chi connectivity index (χ4n) is 2.16. The van der Waals surface area contributed by atoms with Crippen molar-refractivity contribution in [3.63, 3.8) is 0 Å². The number of hydrogen-bond acceptors (Lipinski definition) is 7. The summed E-state index contributed by atoms with van der Waals surface area (Å²) in [6, 6.07) is 9.02. The van der Waals surface area contributed by atoms with Gasteiger partial charge in [0.1, 0.15) is 5.82 Å². The molecule has 0 amide bonds. The van der Waals surface area contributed by atoms with Crippen molar-refractivity contribution < 1.29 is 9.53 Å². The van der Waals surface area contributed by atoms with Crippen molar-refractivity contribution >= 4 is 45.0 Å². The van der Waals surface area contributed by atoms with Crippen molar-refractivity contribution in [2.75, 3.05) is 24.3 Å². The first kappa shape index (κ1) is 15.2. The van der Waals surface area contributed by atoms with Gasteiger partial charge in [0.2, 0.25) is 5.95 Å². The monoisotopic (exact) mass is 328 g/mol. The molecular weight excluding hydrogens is 312 g/mol. The summed E-state index contributed by atoms with van der Waals surface area (Å²) in [6.45, 7) is 2.13. The lowest BCUT2D eigenvalue weighted by Gasteiger charge is -2.09. The van der Waals surface area contributed by atoms with Gasteiger partial charge in [0.15, 0.2) is 0 Å². The van der Waals surface area contributed by atoms with Gasteiger partial charge in [-0.15, -0.1) is 11.3 Å². The number of fused-ring (bicyclic) bond motifs is 1. The predicted molar refractivity (Wildman–Crippen MR) is 92.6 cm³/mol. The summed E-state index contributed by atoms with van der Waals surface area (Å²) in [5.74, 6) is 0.900. The largest absolute Gasteiger partial charge is 0.462 e. The Hall–Kier alpha value is -2.67. The van der Waals surface area contributed by atoms with Gasteiger partial charge in [0, 0.05) is 12.7 Å². The average molecular weight is 328 g/mol. The Balaban J connectivity index is 1.90. The number of nitrogens with one attached hydrogen (secondary N) is 2. The summed E-state index contributed by atoms with van der Waals surface area (Å²) >= 11 is 1.59. The Bertz CT molecular complexity index is 847. The highest BCUT2D eigenvalue weighted by Gasteiger charge is 2.10. The van der Waals surface area contributed by atoms with E-state index in [-0.39, 0.29) is 5.97 Å². The van der Waals surface area contributed by atoms with E-state index in [9.17, 15) is 4.79 Å². The maximum atomic E-state index is 11.8. The summed E-state index contributed by atoms with van der Waals surface area (Å²) in [7, 11) is 1.83. The summed E-state index contributed by atoms with van der Waals surface area (Å²) in [4.78, 5) is 20.7. The van der Waals surface area contributed by atoms with E-state index >= 15 is 0 Å². The summed E-state index contributed by atoms with van der Waals surface area (Å²) in [6.07, 6.45) is 0. The van der Waals surface area contributed by atoms with Crippen LogP contribution in [-0.2, 0) is 4.74 Å². The lowest BCUT2D eigenvalue weighted by atomic mass is 10.2. The number of benzene rings is 1. The molecule has 3 rings (SSSR count). The smallest absolute Gasteiger partial charge is 0.338 e. The molecule has 1 aromatic carbocycles. The van der Waals surface area contributed by atoms with Gasteiger partial charge < -0.3 is 15.4 Å². The van der Waals surface area contributed by atoms with E-state index in [1.54, 1.807) is 36.5 Å². The second-order valence-electron chi connectivity index (χ2n) is 4.71. The van der Waals surface area contributed by atoms with Crippen LogP contribution in [-0.4, -0.2) is 29.6 Å². The van der Waals surface area contributed by atoms with Crippen molar-refractivity contribution in [1.82, 2.24) is 9.97 Å². The maximum absolute atomic E-state index is 11.8. The summed E-state index contributed by atoms with van der Waals surface area (Å²) in [5, 5.41) is 8.18. The van der Waals surface area contributed by atoms with Crippen LogP contribution >= 0.6 is 11.3 Å². The number of hydrogen-bond donors (Lipinski definition) is 2. The van der Waals surface area contributed by atoms with Gasteiger partial charge in [0.25, 0.3) is 0 Å². The molecule has 0 aliphatic heterocycles. The van der Waals surface area contributed by atoms with Gasteiger partial charge in [-0.2, -0.15) is 4.98 Å². The van der Waals surface area contributed by atoms with Gasteiger partial charge in [-0.25, -0.2) is 9.78 Å². The number of rotatable bonds is 5. The highest BCUT2D eigenvalue weighted by atomic mass is 32.1. The van der Waals surface area contributed by atoms with Crippen LogP contribution < -0.4 is 10.6 Å². The normalized spacial score (nSPS) is 10.5. The lowest BCUT2D eigenvalue weighted by molar-refractivity contribution is 0.0526. The molecule has 2 aromatic heterocycles. The molecule has 118 valence electrons. The zero-order chi connectivity index (χ0) is 16.2. The Morgan fingerprint density at radius 1 is 1.30 bits per heavy atom.